The molecular weight excluding hydrogens is 440 g/mol. The predicted molar refractivity (Wildman–Crippen MR) is 106 cm³/mol. The van der Waals surface area contributed by atoms with E-state index in [0.29, 0.717) is 6.61 Å². The summed E-state index contributed by atoms with van der Waals surface area (Å²) in [5.74, 6) is -2.76. The van der Waals surface area contributed by atoms with Crippen molar-refractivity contribution in [2.24, 2.45) is 7.05 Å². The third-order valence-electron chi connectivity index (χ3n) is 4.03. The van der Waals surface area contributed by atoms with Crippen LogP contribution in [0.4, 0.5) is 8.78 Å². The molecule has 0 bridgehead atoms. The van der Waals surface area contributed by atoms with E-state index in [1.54, 1.807) is 6.92 Å². The summed E-state index contributed by atoms with van der Waals surface area (Å²) in [6.45, 7) is 2.03. The first kappa shape index (κ1) is 21.7. The third-order valence-corrected chi connectivity index (χ3v) is 5.84. The van der Waals surface area contributed by atoms with Gasteiger partial charge < -0.3 is 9.30 Å². The second-order valence-electron chi connectivity index (χ2n) is 6.12. The second kappa shape index (κ2) is 8.41. The molecule has 158 valence electrons. The average molecular weight is 456 g/mol. The topological polar surface area (TPSA) is 90.3 Å². The Morgan fingerprint density at radius 3 is 2.53 bits per heavy atom. The summed E-state index contributed by atoms with van der Waals surface area (Å²) in [6.07, 6.45) is 1.16. The van der Waals surface area contributed by atoms with Crippen molar-refractivity contribution in [2.45, 2.75) is 11.8 Å². The Kier molecular flexibility index (Phi) is 6.09. The predicted octanol–water partition coefficient (Wildman–Crippen LogP) is 3.54. The van der Waals surface area contributed by atoms with E-state index in [9.17, 15) is 22.0 Å². The monoisotopic (exact) mass is 455 g/mol. The summed E-state index contributed by atoms with van der Waals surface area (Å²) in [6, 6.07) is 7.28. The molecule has 0 spiro atoms. The lowest BCUT2D eigenvalue weighted by Crippen LogP contribution is -2.31. The standard InChI is InChI=1S/C19H16ClF2N3O4S/c1-3-29-11-7-8-12(20)16(9-11)30(27,28)24-19(26)15-10-25(2)18(23-15)17-13(21)5-4-6-14(17)22/h4-10H,3H2,1-2H3,(H,24,26). The zero-order chi connectivity index (χ0) is 22.1. The molecule has 7 nitrogen and oxygen atoms in total. The highest BCUT2D eigenvalue weighted by molar-refractivity contribution is 7.90. The molecule has 3 rings (SSSR count). The first-order valence-corrected chi connectivity index (χ1v) is 10.5. The molecule has 0 saturated carbocycles. The van der Waals surface area contributed by atoms with Crippen LogP contribution in [0.2, 0.25) is 5.02 Å². The van der Waals surface area contributed by atoms with Gasteiger partial charge in [0.2, 0.25) is 0 Å². The molecule has 3 aromatic rings. The summed E-state index contributed by atoms with van der Waals surface area (Å²) in [4.78, 5) is 16.0. The molecule has 0 aliphatic rings. The van der Waals surface area contributed by atoms with Crippen LogP contribution >= 0.6 is 11.6 Å². The maximum absolute atomic E-state index is 14.0. The zero-order valence-corrected chi connectivity index (χ0v) is 17.4. The van der Waals surface area contributed by atoms with E-state index in [4.69, 9.17) is 16.3 Å². The van der Waals surface area contributed by atoms with Crippen LogP contribution in [-0.2, 0) is 17.1 Å². The smallest absolute Gasteiger partial charge is 0.285 e. The van der Waals surface area contributed by atoms with E-state index < -0.39 is 33.1 Å². The number of hydrogen-bond acceptors (Lipinski definition) is 5. The van der Waals surface area contributed by atoms with Gasteiger partial charge in [0.25, 0.3) is 15.9 Å². The van der Waals surface area contributed by atoms with E-state index in [0.717, 1.165) is 18.3 Å². The number of benzene rings is 2. The van der Waals surface area contributed by atoms with Crippen molar-refractivity contribution in [3.8, 4) is 17.1 Å². The number of sulfonamides is 1. The van der Waals surface area contributed by atoms with Gasteiger partial charge in [0.15, 0.2) is 0 Å². The lowest BCUT2D eigenvalue weighted by molar-refractivity contribution is 0.0977. The van der Waals surface area contributed by atoms with Crippen molar-refractivity contribution < 1.29 is 26.7 Å². The van der Waals surface area contributed by atoms with Gasteiger partial charge >= 0.3 is 0 Å². The highest BCUT2D eigenvalue weighted by Gasteiger charge is 2.25. The molecular formula is C19H16ClF2N3O4S. The summed E-state index contributed by atoms with van der Waals surface area (Å²) < 4.78 is 61.7. The highest BCUT2D eigenvalue weighted by Crippen LogP contribution is 2.27. The zero-order valence-electron chi connectivity index (χ0n) is 15.8. The van der Waals surface area contributed by atoms with E-state index in [1.165, 1.54) is 35.9 Å². The number of nitrogens with one attached hydrogen (secondary N) is 1. The molecule has 0 fully saturated rings. The second-order valence-corrected chi connectivity index (χ2v) is 8.18. The lowest BCUT2D eigenvalue weighted by atomic mass is 10.2. The van der Waals surface area contributed by atoms with Crippen molar-refractivity contribution in [3.05, 3.63) is 64.9 Å². The SMILES string of the molecule is CCOc1ccc(Cl)c(S(=O)(=O)NC(=O)c2cn(C)c(-c3c(F)cccc3F)n2)c1. The van der Waals surface area contributed by atoms with Crippen LogP contribution in [0.3, 0.4) is 0 Å². The first-order valence-electron chi connectivity index (χ1n) is 8.61. The molecule has 0 aliphatic carbocycles. The van der Waals surface area contributed by atoms with Gasteiger partial charge in [-0.2, -0.15) is 0 Å². The summed E-state index contributed by atoms with van der Waals surface area (Å²) in [7, 11) is -2.95. The number of aryl methyl sites for hydroxylation is 1. The highest BCUT2D eigenvalue weighted by atomic mass is 35.5. The van der Waals surface area contributed by atoms with Crippen molar-refractivity contribution in [1.29, 1.82) is 0 Å². The maximum atomic E-state index is 14.0. The van der Waals surface area contributed by atoms with Gasteiger partial charge in [-0.25, -0.2) is 26.9 Å². The van der Waals surface area contributed by atoms with Crippen LogP contribution in [0.1, 0.15) is 17.4 Å². The molecule has 0 radical (unpaired) electrons. The minimum Gasteiger partial charge on any atom is -0.494 e. The van der Waals surface area contributed by atoms with Gasteiger partial charge in [-0.15, -0.1) is 0 Å². The molecule has 30 heavy (non-hydrogen) atoms. The number of nitrogens with zero attached hydrogens (tertiary/aromatic N) is 2. The van der Waals surface area contributed by atoms with Crippen molar-refractivity contribution >= 4 is 27.5 Å². The normalized spacial score (nSPS) is 11.4. The Bertz CT molecular complexity index is 1210. The quantitative estimate of drug-likeness (QED) is 0.614. The summed E-state index contributed by atoms with van der Waals surface area (Å²) >= 11 is 5.97. The Morgan fingerprint density at radius 1 is 1.23 bits per heavy atom. The summed E-state index contributed by atoms with van der Waals surface area (Å²) in [5, 5.41) is -0.117. The van der Waals surface area contributed by atoms with Crippen molar-refractivity contribution in [1.82, 2.24) is 14.3 Å². The number of imidazole rings is 1. The van der Waals surface area contributed by atoms with Crippen LogP contribution < -0.4 is 9.46 Å². The molecule has 1 aromatic heterocycles. The average Bonchev–Trinajstić information content (AvgIpc) is 3.04. The molecule has 1 heterocycles. The van der Waals surface area contributed by atoms with E-state index in [1.807, 2.05) is 4.72 Å². The van der Waals surface area contributed by atoms with Crippen LogP contribution in [0.15, 0.2) is 47.5 Å². The van der Waals surface area contributed by atoms with Gasteiger partial charge in [0.1, 0.15) is 33.8 Å². The fourth-order valence-corrected chi connectivity index (χ4v) is 4.17. The fraction of sp³-hybridized carbons (Fsp3) is 0.158. The molecule has 1 amide bonds. The lowest BCUT2D eigenvalue weighted by Gasteiger charge is -2.10. The Labute approximate surface area is 176 Å². The van der Waals surface area contributed by atoms with Crippen LogP contribution in [0, 0.1) is 11.6 Å². The van der Waals surface area contributed by atoms with Gasteiger partial charge in [-0.3, -0.25) is 4.79 Å². The minimum atomic E-state index is -4.37. The molecule has 0 saturated heterocycles. The number of aromatic nitrogens is 2. The molecule has 0 unspecified atom stereocenters. The number of halogens is 3. The van der Waals surface area contributed by atoms with Crippen LogP contribution in [0.25, 0.3) is 11.4 Å². The fourth-order valence-electron chi connectivity index (χ4n) is 2.69. The van der Waals surface area contributed by atoms with Crippen molar-refractivity contribution in [2.75, 3.05) is 6.61 Å². The molecule has 11 heteroatoms. The Balaban J connectivity index is 1.93. The number of carbonyl (C=O) groups excluding carboxylic acids is 1. The Morgan fingerprint density at radius 2 is 1.90 bits per heavy atom. The van der Waals surface area contributed by atoms with E-state index in [-0.39, 0.29) is 27.2 Å². The molecule has 2 aromatic carbocycles. The van der Waals surface area contributed by atoms with Gasteiger partial charge in [-0.1, -0.05) is 17.7 Å². The number of amides is 1. The molecule has 1 N–H and O–H groups in total. The number of carbonyl (C=O) groups is 1. The van der Waals surface area contributed by atoms with Gasteiger partial charge in [0.05, 0.1) is 17.2 Å². The van der Waals surface area contributed by atoms with Crippen LogP contribution in [-0.4, -0.2) is 30.5 Å². The third kappa shape index (κ3) is 4.29. The number of ether oxygens (including phenoxy) is 1. The maximum Gasteiger partial charge on any atom is 0.285 e. The number of hydrogen-bond donors (Lipinski definition) is 1. The number of rotatable bonds is 6. The first-order chi connectivity index (χ1) is 14.1. The molecule has 0 atom stereocenters. The van der Waals surface area contributed by atoms with Crippen molar-refractivity contribution in [3.63, 3.8) is 0 Å². The molecule has 0 aliphatic heterocycles. The summed E-state index contributed by atoms with van der Waals surface area (Å²) in [5.41, 5.74) is -0.787. The minimum absolute atomic E-state index is 0.117. The van der Waals surface area contributed by atoms with Gasteiger partial charge in [0, 0.05) is 19.3 Å². The van der Waals surface area contributed by atoms with Gasteiger partial charge in [-0.05, 0) is 31.2 Å². The largest absolute Gasteiger partial charge is 0.494 e. The van der Waals surface area contributed by atoms with Crippen LogP contribution in [0.5, 0.6) is 5.75 Å². The Hall–Kier alpha value is -2.98. The van der Waals surface area contributed by atoms with E-state index in [2.05, 4.69) is 4.98 Å². The van der Waals surface area contributed by atoms with E-state index >= 15 is 0 Å².